The second-order valence-electron chi connectivity index (χ2n) is 8.76. The molecular formula is C22H28N4O3. The van der Waals surface area contributed by atoms with Gasteiger partial charge in [0.15, 0.2) is 0 Å². The van der Waals surface area contributed by atoms with Crippen molar-refractivity contribution < 1.29 is 14.3 Å². The summed E-state index contributed by atoms with van der Waals surface area (Å²) in [6.07, 6.45) is 0. The van der Waals surface area contributed by atoms with E-state index in [2.05, 4.69) is 38.4 Å². The van der Waals surface area contributed by atoms with Crippen LogP contribution in [0.25, 0.3) is 0 Å². The Morgan fingerprint density at radius 3 is 2.28 bits per heavy atom. The molecule has 0 spiro atoms. The topological polar surface area (TPSA) is 76.6 Å². The number of aromatic nitrogens is 2. The van der Waals surface area contributed by atoms with Gasteiger partial charge < -0.3 is 19.7 Å². The Balaban J connectivity index is 1.65. The third-order valence-electron chi connectivity index (χ3n) is 5.86. The molecule has 7 nitrogen and oxygen atoms in total. The number of anilines is 1. The van der Waals surface area contributed by atoms with Gasteiger partial charge >= 0.3 is 0 Å². The normalized spacial score (nSPS) is 22.8. The largest absolute Gasteiger partial charge is 0.481 e. The van der Waals surface area contributed by atoms with Gasteiger partial charge in [-0.2, -0.15) is 9.97 Å². The summed E-state index contributed by atoms with van der Waals surface area (Å²) < 4.78 is 10.6. The molecule has 4 rings (SSSR count). The highest BCUT2D eigenvalue weighted by atomic mass is 16.5. The summed E-state index contributed by atoms with van der Waals surface area (Å²) in [6.45, 7) is 7.37. The van der Waals surface area contributed by atoms with Crippen molar-refractivity contribution in [2.45, 2.75) is 32.7 Å². The number of carbonyl (C=O) groups excluding carboxylic acids is 1. The molecule has 1 aromatic heterocycles. The van der Waals surface area contributed by atoms with Crippen molar-refractivity contribution in [2.75, 3.05) is 32.2 Å². The molecule has 1 saturated heterocycles. The number of fused-ring (bicyclic) bond motifs is 3. The highest BCUT2D eigenvalue weighted by molar-refractivity contribution is 5.82. The molecule has 1 aliphatic carbocycles. The van der Waals surface area contributed by atoms with E-state index < -0.39 is 5.41 Å². The minimum atomic E-state index is -0.436. The summed E-state index contributed by atoms with van der Waals surface area (Å²) >= 11 is 0. The maximum Gasteiger partial charge on any atom is 0.232 e. The van der Waals surface area contributed by atoms with Crippen molar-refractivity contribution in [3.63, 3.8) is 0 Å². The predicted molar refractivity (Wildman–Crippen MR) is 110 cm³/mol. The number of rotatable bonds is 4. The average molecular weight is 396 g/mol. The Labute approximate surface area is 171 Å². The minimum Gasteiger partial charge on any atom is -0.481 e. The molecule has 7 heteroatoms. The van der Waals surface area contributed by atoms with Gasteiger partial charge in [0.1, 0.15) is 0 Å². The molecule has 1 amide bonds. The minimum absolute atomic E-state index is 0.0135. The van der Waals surface area contributed by atoms with E-state index in [0.29, 0.717) is 23.6 Å². The third-order valence-corrected chi connectivity index (χ3v) is 5.86. The van der Waals surface area contributed by atoms with Crippen molar-refractivity contribution in [1.29, 1.82) is 0 Å². The van der Waals surface area contributed by atoms with Crippen LogP contribution in [0.5, 0.6) is 11.8 Å². The van der Waals surface area contributed by atoms with E-state index in [0.717, 1.165) is 13.1 Å². The highest BCUT2D eigenvalue weighted by Crippen LogP contribution is 2.50. The standard InChI is InChI=1S/C22H28N4O3/c1-22(2,3)20(27)25-19-14-9-7-6-8-13(14)15-11-26(12-16(15)19)21-23-17(28-4)10-18(24-21)29-5/h6-10,15-16,19H,11-12H2,1-5H3,(H,25,27)/t15-,16-,19+/m0/s1. The van der Waals surface area contributed by atoms with Gasteiger partial charge in [0.25, 0.3) is 0 Å². The molecule has 2 aliphatic rings. The van der Waals surface area contributed by atoms with Crippen molar-refractivity contribution in [3.05, 3.63) is 41.5 Å². The second-order valence-corrected chi connectivity index (χ2v) is 8.76. The number of hydrogen-bond donors (Lipinski definition) is 1. The zero-order valence-electron chi connectivity index (χ0n) is 17.6. The summed E-state index contributed by atoms with van der Waals surface area (Å²) in [5, 5.41) is 3.31. The Hall–Kier alpha value is -2.83. The molecule has 3 atom stereocenters. The van der Waals surface area contributed by atoms with Gasteiger partial charge in [-0.05, 0) is 11.1 Å². The Kier molecular flexibility index (Phi) is 4.84. The fraction of sp³-hybridized carbons (Fsp3) is 0.500. The number of hydrogen-bond acceptors (Lipinski definition) is 6. The molecule has 0 radical (unpaired) electrons. The molecule has 29 heavy (non-hydrogen) atoms. The lowest BCUT2D eigenvalue weighted by Gasteiger charge is -2.26. The van der Waals surface area contributed by atoms with Gasteiger partial charge in [0.2, 0.25) is 23.6 Å². The van der Waals surface area contributed by atoms with Crippen LogP contribution >= 0.6 is 0 Å². The van der Waals surface area contributed by atoms with Crippen molar-refractivity contribution in [1.82, 2.24) is 15.3 Å². The van der Waals surface area contributed by atoms with Crippen molar-refractivity contribution in [2.24, 2.45) is 11.3 Å². The summed E-state index contributed by atoms with van der Waals surface area (Å²) in [7, 11) is 3.16. The van der Waals surface area contributed by atoms with Crippen LogP contribution in [0.3, 0.4) is 0 Å². The van der Waals surface area contributed by atoms with Crippen LogP contribution < -0.4 is 19.7 Å². The second kappa shape index (κ2) is 7.21. The molecular weight excluding hydrogens is 368 g/mol. The monoisotopic (exact) mass is 396 g/mol. The first-order valence-electron chi connectivity index (χ1n) is 9.93. The van der Waals surface area contributed by atoms with E-state index in [4.69, 9.17) is 9.47 Å². The fourth-order valence-corrected chi connectivity index (χ4v) is 4.31. The summed E-state index contributed by atoms with van der Waals surface area (Å²) in [5.41, 5.74) is 2.09. The first kappa shape index (κ1) is 19.5. The van der Waals surface area contributed by atoms with Crippen LogP contribution in [-0.2, 0) is 4.79 Å². The average Bonchev–Trinajstić information content (AvgIpc) is 3.26. The number of amides is 1. The molecule has 1 aliphatic heterocycles. The number of carbonyl (C=O) groups is 1. The molecule has 0 bridgehead atoms. The lowest BCUT2D eigenvalue weighted by atomic mass is 9.91. The molecule has 2 heterocycles. The number of ether oxygens (including phenoxy) is 2. The lowest BCUT2D eigenvalue weighted by molar-refractivity contribution is -0.129. The quantitative estimate of drug-likeness (QED) is 0.856. The summed E-state index contributed by atoms with van der Waals surface area (Å²) in [5.74, 6) is 2.19. The summed E-state index contributed by atoms with van der Waals surface area (Å²) in [4.78, 5) is 23.9. The Bertz CT molecular complexity index is 902. The number of benzene rings is 1. The van der Waals surface area contributed by atoms with Gasteiger partial charge in [0, 0.05) is 30.3 Å². The van der Waals surface area contributed by atoms with Crippen LogP contribution in [0.1, 0.15) is 43.9 Å². The third kappa shape index (κ3) is 3.50. The SMILES string of the molecule is COc1cc(OC)nc(N2C[C@@H]3[C@H](NC(=O)C(C)(C)C)c4ccccc4[C@@H]3C2)n1. The molecule has 1 fully saturated rings. The summed E-state index contributed by atoms with van der Waals surface area (Å²) in [6, 6.07) is 10.1. The van der Waals surface area contributed by atoms with Gasteiger partial charge in [-0.1, -0.05) is 45.0 Å². The van der Waals surface area contributed by atoms with Crippen LogP contribution in [0.15, 0.2) is 30.3 Å². The molecule has 154 valence electrons. The van der Waals surface area contributed by atoms with E-state index in [1.165, 1.54) is 11.1 Å². The van der Waals surface area contributed by atoms with Gasteiger partial charge in [-0.15, -0.1) is 0 Å². The van der Waals surface area contributed by atoms with Crippen LogP contribution in [0.4, 0.5) is 5.95 Å². The van der Waals surface area contributed by atoms with E-state index in [9.17, 15) is 4.79 Å². The zero-order chi connectivity index (χ0) is 20.8. The predicted octanol–water partition coefficient (Wildman–Crippen LogP) is 2.93. The molecule has 1 aromatic carbocycles. The lowest BCUT2D eigenvalue weighted by Crippen LogP contribution is -2.40. The highest BCUT2D eigenvalue weighted by Gasteiger charge is 2.48. The van der Waals surface area contributed by atoms with Gasteiger partial charge in [0.05, 0.1) is 26.3 Å². The molecule has 1 N–H and O–H groups in total. The van der Waals surface area contributed by atoms with Crippen LogP contribution in [0.2, 0.25) is 0 Å². The maximum atomic E-state index is 12.8. The smallest absolute Gasteiger partial charge is 0.232 e. The van der Waals surface area contributed by atoms with E-state index in [-0.39, 0.29) is 17.9 Å². The maximum absolute atomic E-state index is 12.8. The number of nitrogens with one attached hydrogen (secondary N) is 1. The number of nitrogens with zero attached hydrogens (tertiary/aromatic N) is 3. The van der Waals surface area contributed by atoms with Crippen LogP contribution in [-0.4, -0.2) is 43.2 Å². The first-order valence-corrected chi connectivity index (χ1v) is 9.93. The number of methoxy groups -OCH3 is 2. The van der Waals surface area contributed by atoms with Crippen molar-refractivity contribution in [3.8, 4) is 11.8 Å². The van der Waals surface area contributed by atoms with Crippen molar-refractivity contribution >= 4 is 11.9 Å². The van der Waals surface area contributed by atoms with E-state index in [1.54, 1.807) is 20.3 Å². The van der Waals surface area contributed by atoms with Crippen LogP contribution in [0, 0.1) is 11.3 Å². The van der Waals surface area contributed by atoms with Gasteiger partial charge in [-0.25, -0.2) is 0 Å². The Morgan fingerprint density at radius 2 is 1.69 bits per heavy atom. The molecule has 2 aromatic rings. The van der Waals surface area contributed by atoms with E-state index in [1.807, 2.05) is 26.8 Å². The Morgan fingerprint density at radius 1 is 1.07 bits per heavy atom. The first-order chi connectivity index (χ1) is 13.8. The molecule has 0 saturated carbocycles. The van der Waals surface area contributed by atoms with Gasteiger partial charge in [-0.3, -0.25) is 4.79 Å². The zero-order valence-corrected chi connectivity index (χ0v) is 17.6. The fourth-order valence-electron chi connectivity index (χ4n) is 4.31. The molecule has 0 unspecified atom stereocenters. The van der Waals surface area contributed by atoms with E-state index >= 15 is 0 Å².